The molecule has 6 heteroatoms. The van der Waals surface area contributed by atoms with E-state index in [2.05, 4.69) is 0 Å². The molecule has 6 nitrogen and oxygen atoms in total. The van der Waals surface area contributed by atoms with Crippen molar-refractivity contribution in [3.8, 4) is 5.75 Å². The van der Waals surface area contributed by atoms with Crippen molar-refractivity contribution in [2.45, 2.75) is 13.0 Å². The van der Waals surface area contributed by atoms with E-state index in [9.17, 15) is 9.59 Å². The summed E-state index contributed by atoms with van der Waals surface area (Å²) in [6.45, 7) is 1.42. The van der Waals surface area contributed by atoms with Crippen LogP contribution in [-0.4, -0.2) is 33.3 Å². The number of rotatable bonds is 2. The van der Waals surface area contributed by atoms with Gasteiger partial charge in [-0.3, -0.25) is 4.79 Å². The zero-order chi connectivity index (χ0) is 12.7. The van der Waals surface area contributed by atoms with Gasteiger partial charge in [-0.05, 0) is 19.1 Å². The molecule has 1 aromatic rings. The Kier molecular flexibility index (Phi) is 5.58. The summed E-state index contributed by atoms with van der Waals surface area (Å²) in [5, 5.41) is 25.2. The fourth-order valence-electron chi connectivity index (χ4n) is 0.654. The van der Waals surface area contributed by atoms with Crippen LogP contribution in [0.1, 0.15) is 17.3 Å². The predicted molar refractivity (Wildman–Crippen MR) is 56.4 cm³/mol. The quantitative estimate of drug-likeness (QED) is 0.584. The average Bonchev–Trinajstić information content (AvgIpc) is 2.18. The Balaban J connectivity index is 0.000000325. The van der Waals surface area contributed by atoms with E-state index in [4.69, 9.17) is 21.1 Å². The summed E-state index contributed by atoms with van der Waals surface area (Å²) in [6.07, 6.45) is 0. The molecule has 0 aliphatic carbocycles. The minimum atomic E-state index is -1.11. The van der Waals surface area contributed by atoms with Crippen molar-refractivity contribution >= 4 is 11.9 Å². The van der Waals surface area contributed by atoms with Crippen molar-refractivity contribution in [2.24, 2.45) is 5.73 Å². The molecule has 1 unspecified atom stereocenters. The van der Waals surface area contributed by atoms with E-state index in [1.165, 1.54) is 19.1 Å². The van der Waals surface area contributed by atoms with Crippen molar-refractivity contribution in [1.29, 1.82) is 0 Å². The fraction of sp³-hybridized carbons (Fsp3) is 0.200. The van der Waals surface area contributed by atoms with Crippen molar-refractivity contribution < 1.29 is 24.9 Å². The summed E-state index contributed by atoms with van der Waals surface area (Å²) in [7, 11) is 0. The molecule has 88 valence electrons. The van der Waals surface area contributed by atoms with Gasteiger partial charge in [0.2, 0.25) is 0 Å². The fourth-order valence-corrected chi connectivity index (χ4v) is 0.654. The molecule has 0 amide bonds. The highest BCUT2D eigenvalue weighted by Crippen LogP contribution is 2.14. The van der Waals surface area contributed by atoms with Crippen LogP contribution in [0.25, 0.3) is 0 Å². The number of aromatic hydroxyl groups is 1. The molecule has 5 N–H and O–H groups in total. The SMILES string of the molecule is CC(N)C(=O)O.O=C(O)c1ccccc1O. The number of carboxylic acids is 2. The number of carbonyl (C=O) groups is 2. The monoisotopic (exact) mass is 227 g/mol. The van der Waals surface area contributed by atoms with Crippen LogP contribution in [0.4, 0.5) is 0 Å². The number of nitrogens with two attached hydrogens (primary N) is 1. The molecule has 16 heavy (non-hydrogen) atoms. The second-order valence-electron chi connectivity index (χ2n) is 2.95. The van der Waals surface area contributed by atoms with Gasteiger partial charge >= 0.3 is 11.9 Å². The van der Waals surface area contributed by atoms with Crippen molar-refractivity contribution in [1.82, 2.24) is 0 Å². The lowest BCUT2D eigenvalue weighted by atomic mass is 10.2. The summed E-state index contributed by atoms with van der Waals surface area (Å²) in [4.78, 5) is 19.8. The third kappa shape index (κ3) is 4.97. The maximum absolute atomic E-state index is 10.3. The Morgan fingerprint density at radius 3 is 1.94 bits per heavy atom. The highest BCUT2D eigenvalue weighted by molar-refractivity contribution is 5.90. The molecule has 1 aromatic carbocycles. The van der Waals surface area contributed by atoms with Gasteiger partial charge in [0, 0.05) is 0 Å². The summed E-state index contributed by atoms with van der Waals surface area (Å²) in [5.41, 5.74) is 4.77. The van der Waals surface area contributed by atoms with Crippen LogP contribution in [0.3, 0.4) is 0 Å². The molecule has 0 saturated heterocycles. The minimum absolute atomic E-state index is 0.0671. The topological polar surface area (TPSA) is 121 Å². The molecule has 0 bridgehead atoms. The van der Waals surface area contributed by atoms with Gasteiger partial charge in [0.05, 0.1) is 0 Å². The van der Waals surface area contributed by atoms with E-state index < -0.39 is 18.0 Å². The molecule has 0 aliphatic heterocycles. The van der Waals surface area contributed by atoms with E-state index in [-0.39, 0.29) is 11.3 Å². The largest absolute Gasteiger partial charge is 0.507 e. The molecule has 0 aromatic heterocycles. The lowest BCUT2D eigenvalue weighted by Gasteiger charge is -1.95. The van der Waals surface area contributed by atoms with E-state index in [1.54, 1.807) is 12.1 Å². The molecule has 0 radical (unpaired) electrons. The molecular formula is C10H13NO5. The zero-order valence-corrected chi connectivity index (χ0v) is 8.62. The Morgan fingerprint density at radius 2 is 1.69 bits per heavy atom. The smallest absolute Gasteiger partial charge is 0.339 e. The third-order valence-corrected chi connectivity index (χ3v) is 1.52. The van der Waals surface area contributed by atoms with Gasteiger partial charge in [-0.1, -0.05) is 12.1 Å². The molecule has 1 rings (SSSR count). The lowest BCUT2D eigenvalue weighted by molar-refractivity contribution is -0.138. The van der Waals surface area contributed by atoms with Crippen LogP contribution in [0.5, 0.6) is 5.75 Å². The second-order valence-corrected chi connectivity index (χ2v) is 2.95. The number of benzene rings is 1. The molecule has 1 atom stereocenters. The van der Waals surface area contributed by atoms with Crippen LogP contribution in [0.2, 0.25) is 0 Å². The normalized spacial score (nSPS) is 10.9. The van der Waals surface area contributed by atoms with Crippen molar-refractivity contribution in [2.75, 3.05) is 0 Å². The summed E-state index contributed by atoms with van der Waals surface area (Å²) in [6, 6.07) is 5.08. The Morgan fingerprint density at radius 1 is 1.25 bits per heavy atom. The van der Waals surface area contributed by atoms with Crippen LogP contribution in [0.15, 0.2) is 24.3 Å². The maximum atomic E-state index is 10.3. The predicted octanol–water partition coefficient (Wildman–Crippen LogP) is 0.509. The molecule has 0 heterocycles. The van der Waals surface area contributed by atoms with Gasteiger partial charge in [-0.25, -0.2) is 4.79 Å². The van der Waals surface area contributed by atoms with E-state index >= 15 is 0 Å². The number of aromatic carboxylic acids is 1. The zero-order valence-electron chi connectivity index (χ0n) is 8.62. The standard InChI is InChI=1S/C7H6O3.C3H7NO2/c8-6-4-2-1-3-5(6)7(9)10;1-2(4)3(5)6/h1-4,8H,(H,9,10);2H,4H2,1H3,(H,5,6). The number of hydrogen-bond acceptors (Lipinski definition) is 4. The average molecular weight is 227 g/mol. The minimum Gasteiger partial charge on any atom is -0.507 e. The van der Waals surface area contributed by atoms with Gasteiger partial charge in [0.1, 0.15) is 17.4 Å². The highest BCUT2D eigenvalue weighted by Gasteiger charge is 2.05. The number of carboxylic acid groups (broad SMARTS) is 2. The van der Waals surface area contributed by atoms with Gasteiger partial charge < -0.3 is 21.1 Å². The van der Waals surface area contributed by atoms with Crippen LogP contribution in [-0.2, 0) is 4.79 Å². The number of hydrogen-bond donors (Lipinski definition) is 4. The van der Waals surface area contributed by atoms with E-state index in [1.807, 2.05) is 0 Å². The highest BCUT2D eigenvalue weighted by atomic mass is 16.4. The second kappa shape index (κ2) is 6.41. The first kappa shape index (κ1) is 13.9. The van der Waals surface area contributed by atoms with E-state index in [0.29, 0.717) is 0 Å². The Bertz CT molecular complexity index is 375. The van der Waals surface area contributed by atoms with Crippen molar-refractivity contribution in [3.63, 3.8) is 0 Å². The third-order valence-electron chi connectivity index (χ3n) is 1.52. The Labute approximate surface area is 91.9 Å². The number of phenols is 1. The Hall–Kier alpha value is -2.08. The molecule has 0 fully saturated rings. The molecule has 0 aliphatic rings. The summed E-state index contributed by atoms with van der Waals surface area (Å²) < 4.78 is 0. The first-order chi connectivity index (χ1) is 7.36. The number of para-hydroxylation sites is 1. The van der Waals surface area contributed by atoms with Crippen LogP contribution in [0, 0.1) is 0 Å². The van der Waals surface area contributed by atoms with Crippen LogP contribution < -0.4 is 5.73 Å². The maximum Gasteiger partial charge on any atom is 0.339 e. The van der Waals surface area contributed by atoms with Gasteiger partial charge in [-0.15, -0.1) is 0 Å². The van der Waals surface area contributed by atoms with Gasteiger partial charge in [0.25, 0.3) is 0 Å². The van der Waals surface area contributed by atoms with Crippen LogP contribution >= 0.6 is 0 Å². The van der Waals surface area contributed by atoms with Crippen molar-refractivity contribution in [3.05, 3.63) is 29.8 Å². The van der Waals surface area contributed by atoms with Gasteiger partial charge in [-0.2, -0.15) is 0 Å². The first-order valence-corrected chi connectivity index (χ1v) is 4.36. The van der Waals surface area contributed by atoms with E-state index in [0.717, 1.165) is 0 Å². The summed E-state index contributed by atoms with van der Waals surface area (Å²) in [5.74, 6) is -2.27. The first-order valence-electron chi connectivity index (χ1n) is 4.36. The molecular weight excluding hydrogens is 214 g/mol. The summed E-state index contributed by atoms with van der Waals surface area (Å²) >= 11 is 0. The van der Waals surface area contributed by atoms with Gasteiger partial charge in [0.15, 0.2) is 0 Å². The number of aliphatic carboxylic acids is 1. The molecule has 0 saturated carbocycles. The molecule has 0 spiro atoms. The lowest BCUT2D eigenvalue weighted by Crippen LogP contribution is -2.25.